The molecule has 0 aliphatic carbocycles. The Morgan fingerprint density at radius 2 is 1.33 bits per heavy atom. The summed E-state index contributed by atoms with van der Waals surface area (Å²) in [4.78, 5) is 40.6. The summed E-state index contributed by atoms with van der Waals surface area (Å²) < 4.78 is 54.0. The van der Waals surface area contributed by atoms with Gasteiger partial charge in [-0.25, -0.2) is 8.62 Å². The van der Waals surface area contributed by atoms with Crippen LogP contribution in [0.1, 0.15) is 40.5 Å². The number of phosphoric ester groups is 1. The van der Waals surface area contributed by atoms with Crippen LogP contribution in [0.4, 0.5) is 0 Å². The first-order chi connectivity index (χ1) is 13.5. The summed E-state index contributed by atoms with van der Waals surface area (Å²) in [6.07, 6.45) is 1.27. The van der Waals surface area contributed by atoms with E-state index in [0.717, 1.165) is 6.42 Å². The van der Waals surface area contributed by atoms with E-state index >= 15 is 0 Å². The fraction of sp³-hybridized carbons (Fsp3) is 1.00. The van der Waals surface area contributed by atoms with E-state index in [1.165, 1.54) is 0 Å². The third-order valence-corrected chi connectivity index (χ3v) is 8.40. The highest BCUT2D eigenvalue weighted by Gasteiger charge is 2.31. The summed E-state index contributed by atoms with van der Waals surface area (Å²) in [6, 6.07) is 0. The maximum Gasteiger partial charge on any atom is 0.280 e. The van der Waals surface area contributed by atoms with Crippen LogP contribution in [0.5, 0.6) is 0 Å². The van der Waals surface area contributed by atoms with E-state index in [4.69, 9.17) is 19.5 Å². The molecule has 0 bridgehead atoms. The molecular formula is C14H28O13P3-3. The molecule has 2 fully saturated rings. The molecule has 2 aliphatic rings. The Morgan fingerprint density at radius 1 is 0.867 bits per heavy atom. The van der Waals surface area contributed by atoms with E-state index in [2.05, 4.69) is 27.0 Å². The average Bonchev–Trinajstić information content (AvgIpc) is 3.04. The molecule has 0 saturated carbocycles. The van der Waals surface area contributed by atoms with Crippen molar-refractivity contribution in [3.05, 3.63) is 0 Å². The molecule has 2 N–H and O–H groups in total. The maximum atomic E-state index is 11.3. The van der Waals surface area contributed by atoms with Crippen molar-refractivity contribution in [1.82, 2.24) is 0 Å². The van der Waals surface area contributed by atoms with Gasteiger partial charge in [-0.3, -0.25) is 13.7 Å². The molecule has 0 aromatic heterocycles. The van der Waals surface area contributed by atoms with Gasteiger partial charge in [0, 0.05) is 0 Å². The SMILES string of the molecule is CC1O[C@H](CO)C[C@H]1C.CC1O[C@H](COP(=O)([O-])OP(=O)([O-])OP(=O)([O-])O)C[C@H]1C. The second-order valence-corrected chi connectivity index (χ2v) is 11.6. The molecule has 16 heteroatoms. The Morgan fingerprint density at radius 3 is 1.67 bits per heavy atom. The first-order valence-corrected chi connectivity index (χ1v) is 13.6. The van der Waals surface area contributed by atoms with Gasteiger partial charge < -0.3 is 38.7 Å². The molecule has 9 atom stereocenters. The summed E-state index contributed by atoms with van der Waals surface area (Å²) in [7, 11) is -17.0. The molecule has 0 aromatic rings. The van der Waals surface area contributed by atoms with E-state index in [9.17, 15) is 28.4 Å². The molecule has 2 aliphatic heterocycles. The highest BCUT2D eigenvalue weighted by atomic mass is 31.3. The molecule has 0 radical (unpaired) electrons. The zero-order chi connectivity index (χ0) is 23.3. The Bertz CT molecular complexity index is 662. The standard InChI is InChI=1S/C7H17O11P3.C7H14O2/c1-5-3-7(16-6(5)2)4-15-20(11,12)18-21(13,14)17-19(8,9)10;1-5-3-7(4-8)9-6(5)2/h5-7H,3-4H2,1-2H3,(H,11,12)(H,13,14)(H2,8,9,10);5-8H,3-4H2,1-2H3/p-3/t2*5-,6?,7+/m11/s1. The van der Waals surface area contributed by atoms with Crippen molar-refractivity contribution in [2.24, 2.45) is 11.8 Å². The Balaban J connectivity index is 0.000000414. The minimum absolute atomic E-state index is 0.106. The smallest absolute Gasteiger partial charge is 0.280 e. The molecule has 30 heavy (non-hydrogen) atoms. The molecule has 2 heterocycles. The van der Waals surface area contributed by atoms with Crippen LogP contribution in [-0.2, 0) is 36.3 Å². The van der Waals surface area contributed by atoms with Gasteiger partial charge in [-0.2, -0.15) is 0 Å². The monoisotopic (exact) mass is 497 g/mol. The second kappa shape index (κ2) is 11.4. The van der Waals surface area contributed by atoms with Crippen LogP contribution in [0.15, 0.2) is 0 Å². The molecule has 2 rings (SSSR count). The van der Waals surface area contributed by atoms with Gasteiger partial charge in [-0.05, 0) is 38.5 Å². The largest absolute Gasteiger partial charge is 0.756 e. The van der Waals surface area contributed by atoms with Crippen LogP contribution in [0.3, 0.4) is 0 Å². The van der Waals surface area contributed by atoms with Gasteiger partial charge in [0.15, 0.2) is 0 Å². The van der Waals surface area contributed by atoms with Crippen LogP contribution in [0.25, 0.3) is 0 Å². The third kappa shape index (κ3) is 10.7. The van der Waals surface area contributed by atoms with E-state index < -0.39 is 36.2 Å². The Labute approximate surface area is 175 Å². The highest BCUT2D eigenvalue weighted by molar-refractivity contribution is 7.65. The van der Waals surface area contributed by atoms with Crippen molar-refractivity contribution in [1.29, 1.82) is 0 Å². The first-order valence-electron chi connectivity index (χ1n) is 9.18. The molecule has 13 nitrogen and oxygen atoms in total. The second-order valence-electron chi connectivity index (χ2n) is 7.36. The lowest BCUT2D eigenvalue weighted by Gasteiger charge is -2.32. The van der Waals surface area contributed by atoms with Gasteiger partial charge >= 0.3 is 0 Å². The fourth-order valence-electron chi connectivity index (χ4n) is 2.89. The van der Waals surface area contributed by atoms with Gasteiger partial charge in [-0.1, -0.05) is 13.8 Å². The molecule has 0 amide bonds. The van der Waals surface area contributed by atoms with Crippen molar-refractivity contribution < 1.29 is 61.0 Å². The van der Waals surface area contributed by atoms with Crippen LogP contribution >= 0.6 is 23.5 Å². The molecule has 0 aromatic carbocycles. The lowest BCUT2D eigenvalue weighted by Crippen LogP contribution is -2.20. The van der Waals surface area contributed by atoms with E-state index in [-0.39, 0.29) is 24.7 Å². The lowest BCUT2D eigenvalue weighted by atomic mass is 10.0. The number of phosphoric acid groups is 3. The van der Waals surface area contributed by atoms with Crippen LogP contribution in [0, 0.1) is 11.8 Å². The predicted octanol–water partition coefficient (Wildman–Crippen LogP) is 0.0394. The number of aliphatic hydroxyl groups is 1. The fourth-order valence-corrected chi connectivity index (χ4v) is 5.80. The molecule has 2 saturated heterocycles. The van der Waals surface area contributed by atoms with E-state index in [1.807, 2.05) is 6.92 Å². The number of hydrogen-bond acceptors (Lipinski definition) is 12. The predicted molar refractivity (Wildman–Crippen MR) is 96.5 cm³/mol. The number of rotatable bonds is 8. The zero-order valence-electron chi connectivity index (χ0n) is 17.0. The summed E-state index contributed by atoms with van der Waals surface area (Å²) in [5.74, 6) is 0.780. The summed E-state index contributed by atoms with van der Waals surface area (Å²) >= 11 is 0. The van der Waals surface area contributed by atoms with Crippen LogP contribution < -0.4 is 14.7 Å². The first kappa shape index (κ1) is 28.3. The van der Waals surface area contributed by atoms with Crippen molar-refractivity contribution in [3.8, 4) is 0 Å². The maximum absolute atomic E-state index is 11.3. The van der Waals surface area contributed by atoms with Crippen molar-refractivity contribution in [2.75, 3.05) is 13.2 Å². The summed E-state index contributed by atoms with van der Waals surface area (Å²) in [5.41, 5.74) is 0. The van der Waals surface area contributed by atoms with Gasteiger partial charge in [0.05, 0.1) is 37.6 Å². The molecular weight excluding hydrogens is 469 g/mol. The molecule has 0 spiro atoms. The quantitative estimate of drug-likeness (QED) is 0.425. The van der Waals surface area contributed by atoms with E-state index in [0.29, 0.717) is 18.4 Å². The Hall–Kier alpha value is 0.290. The molecule has 180 valence electrons. The van der Waals surface area contributed by atoms with Gasteiger partial charge in [-0.15, -0.1) is 0 Å². The Kier molecular flexibility index (Phi) is 10.8. The van der Waals surface area contributed by atoms with Gasteiger partial charge in [0.25, 0.3) is 23.5 Å². The topological polar surface area (TPSA) is 207 Å². The lowest BCUT2D eigenvalue weighted by molar-refractivity contribution is -0.250. The van der Waals surface area contributed by atoms with Crippen LogP contribution in [0.2, 0.25) is 0 Å². The number of aliphatic hydroxyl groups excluding tert-OH is 1. The average molecular weight is 497 g/mol. The summed E-state index contributed by atoms with van der Waals surface area (Å²) in [6.45, 7) is 7.55. The van der Waals surface area contributed by atoms with Crippen molar-refractivity contribution >= 4 is 23.5 Å². The van der Waals surface area contributed by atoms with Gasteiger partial charge in [0.1, 0.15) is 0 Å². The van der Waals surface area contributed by atoms with Gasteiger partial charge in [0.2, 0.25) is 0 Å². The minimum Gasteiger partial charge on any atom is -0.756 e. The van der Waals surface area contributed by atoms with Crippen molar-refractivity contribution in [2.45, 2.75) is 65.0 Å². The van der Waals surface area contributed by atoms with E-state index in [1.54, 1.807) is 6.92 Å². The minimum atomic E-state index is -5.84. The van der Waals surface area contributed by atoms with Crippen LogP contribution in [-0.4, -0.2) is 47.6 Å². The normalized spacial score (nSPS) is 37.5. The number of ether oxygens (including phenoxy) is 2. The highest BCUT2D eigenvalue weighted by Crippen LogP contribution is 2.61. The number of hydrogen-bond donors (Lipinski definition) is 2. The molecule has 5 unspecified atom stereocenters. The third-order valence-electron chi connectivity index (χ3n) is 4.71. The summed E-state index contributed by atoms with van der Waals surface area (Å²) in [5, 5.41) is 8.68. The van der Waals surface area contributed by atoms with Crippen molar-refractivity contribution in [3.63, 3.8) is 0 Å². The zero-order valence-corrected chi connectivity index (χ0v) is 19.7.